The maximum atomic E-state index is 9.23. The van der Waals surface area contributed by atoms with Crippen LogP contribution < -0.4 is 0 Å². The van der Waals surface area contributed by atoms with E-state index in [1.165, 1.54) is 25.7 Å². The number of halogens is 1. The van der Waals surface area contributed by atoms with Crippen molar-refractivity contribution in [1.29, 1.82) is 0 Å². The van der Waals surface area contributed by atoms with E-state index in [1.54, 1.807) is 0 Å². The van der Waals surface area contributed by atoms with Crippen LogP contribution in [0.2, 0.25) is 0 Å². The Hall–Kier alpha value is 0.250. The minimum absolute atomic E-state index is 0.242. The normalized spacial score (nSPS) is 24.7. The molecular weight excluding hydrogens is 136 g/mol. The predicted octanol–water partition coefficient (Wildman–Crippen LogP) is 1.78. The summed E-state index contributed by atoms with van der Waals surface area (Å²) in [5, 5.41) is 9.23. The average Bonchev–Trinajstić information content (AvgIpc) is 2.37. The highest BCUT2D eigenvalue weighted by atomic mass is 35.5. The molecule has 0 aromatic carbocycles. The van der Waals surface area contributed by atoms with Crippen molar-refractivity contribution in [1.82, 2.24) is 0 Å². The molecule has 1 rings (SSSR count). The molecule has 1 saturated carbocycles. The van der Waals surface area contributed by atoms with Crippen molar-refractivity contribution in [2.45, 2.75) is 31.8 Å². The molecule has 1 atom stereocenters. The van der Waals surface area contributed by atoms with Gasteiger partial charge in [0.25, 0.3) is 0 Å². The molecule has 0 bridgehead atoms. The lowest BCUT2D eigenvalue weighted by Crippen LogP contribution is -2.18. The van der Waals surface area contributed by atoms with Crippen LogP contribution in [0.4, 0.5) is 0 Å². The summed E-state index contributed by atoms with van der Waals surface area (Å²) in [6.07, 6.45) is 4.66. The van der Waals surface area contributed by atoms with Gasteiger partial charge < -0.3 is 5.11 Å². The van der Waals surface area contributed by atoms with Gasteiger partial charge in [-0.2, -0.15) is 0 Å². The monoisotopic (exact) mass is 148 g/mol. The molecule has 1 aliphatic rings. The van der Waals surface area contributed by atoms with Crippen molar-refractivity contribution >= 4 is 11.6 Å². The Morgan fingerprint density at radius 2 is 2.00 bits per heavy atom. The van der Waals surface area contributed by atoms with Gasteiger partial charge in [-0.05, 0) is 18.8 Å². The van der Waals surface area contributed by atoms with E-state index in [2.05, 4.69) is 0 Å². The van der Waals surface area contributed by atoms with E-state index >= 15 is 0 Å². The van der Waals surface area contributed by atoms with Gasteiger partial charge in [-0.25, -0.2) is 0 Å². The molecule has 54 valence electrons. The van der Waals surface area contributed by atoms with Crippen LogP contribution in [0.15, 0.2) is 0 Å². The Bertz CT molecular complexity index is 79.0. The van der Waals surface area contributed by atoms with Crippen molar-refractivity contribution in [2.75, 3.05) is 5.88 Å². The first-order valence-electron chi connectivity index (χ1n) is 3.58. The minimum atomic E-state index is -0.242. The molecular formula is C7H13ClO. The largest absolute Gasteiger partial charge is 0.392 e. The molecule has 1 nitrogen and oxygen atoms in total. The van der Waals surface area contributed by atoms with E-state index in [4.69, 9.17) is 11.6 Å². The number of hydrogen-bond donors (Lipinski definition) is 1. The number of aliphatic hydroxyl groups excluding tert-OH is 1. The molecule has 0 spiro atoms. The quantitative estimate of drug-likeness (QED) is 0.592. The van der Waals surface area contributed by atoms with Gasteiger partial charge in [0.15, 0.2) is 0 Å². The standard InChI is InChI=1S/C7H13ClO/c8-5-7(9)6-3-1-2-4-6/h6-7,9H,1-5H2/t7-/m0/s1. The van der Waals surface area contributed by atoms with Crippen LogP contribution >= 0.6 is 11.6 Å². The number of aliphatic hydroxyl groups is 1. The fraction of sp³-hybridized carbons (Fsp3) is 1.00. The van der Waals surface area contributed by atoms with Gasteiger partial charge in [-0.1, -0.05) is 12.8 Å². The molecule has 0 unspecified atom stereocenters. The molecule has 1 aliphatic carbocycles. The van der Waals surface area contributed by atoms with E-state index in [0.717, 1.165) is 0 Å². The predicted molar refractivity (Wildman–Crippen MR) is 38.7 cm³/mol. The van der Waals surface area contributed by atoms with Crippen molar-refractivity contribution in [2.24, 2.45) is 5.92 Å². The van der Waals surface area contributed by atoms with Gasteiger partial charge in [-0.15, -0.1) is 11.6 Å². The zero-order chi connectivity index (χ0) is 6.69. The lowest BCUT2D eigenvalue weighted by atomic mass is 10.0. The molecule has 0 saturated heterocycles. The van der Waals surface area contributed by atoms with Crippen LogP contribution in [0.5, 0.6) is 0 Å². The average molecular weight is 149 g/mol. The Morgan fingerprint density at radius 1 is 1.44 bits per heavy atom. The van der Waals surface area contributed by atoms with E-state index in [0.29, 0.717) is 11.8 Å². The summed E-state index contributed by atoms with van der Waals surface area (Å²) in [7, 11) is 0. The zero-order valence-corrected chi connectivity index (χ0v) is 6.27. The molecule has 0 amide bonds. The molecule has 0 aromatic rings. The molecule has 0 aromatic heterocycles. The highest BCUT2D eigenvalue weighted by Crippen LogP contribution is 2.27. The minimum Gasteiger partial charge on any atom is -0.392 e. The Kier molecular flexibility index (Phi) is 2.80. The van der Waals surface area contributed by atoms with E-state index in [-0.39, 0.29) is 6.10 Å². The lowest BCUT2D eigenvalue weighted by Gasteiger charge is -2.13. The van der Waals surface area contributed by atoms with Crippen LogP contribution in [0.25, 0.3) is 0 Å². The molecule has 0 aliphatic heterocycles. The zero-order valence-electron chi connectivity index (χ0n) is 5.52. The van der Waals surface area contributed by atoms with Gasteiger partial charge >= 0.3 is 0 Å². The first-order valence-corrected chi connectivity index (χ1v) is 4.12. The van der Waals surface area contributed by atoms with Crippen LogP contribution in [-0.2, 0) is 0 Å². The summed E-state index contributed by atoms with van der Waals surface area (Å²) in [5.74, 6) is 0.910. The Morgan fingerprint density at radius 3 is 2.44 bits per heavy atom. The Balaban J connectivity index is 2.24. The van der Waals surface area contributed by atoms with Gasteiger partial charge in [0.05, 0.1) is 6.10 Å². The fourth-order valence-electron chi connectivity index (χ4n) is 1.47. The van der Waals surface area contributed by atoms with Crippen molar-refractivity contribution in [3.05, 3.63) is 0 Å². The first kappa shape index (κ1) is 7.36. The molecule has 0 heterocycles. The second-order valence-electron chi connectivity index (χ2n) is 2.77. The second kappa shape index (κ2) is 3.43. The smallest absolute Gasteiger partial charge is 0.0703 e. The SMILES string of the molecule is O[C@@H](CCl)C1CCCC1. The third-order valence-corrected chi connectivity index (χ3v) is 2.42. The third kappa shape index (κ3) is 1.84. The summed E-state index contributed by atoms with van der Waals surface area (Å²) in [4.78, 5) is 0. The van der Waals surface area contributed by atoms with Crippen molar-refractivity contribution < 1.29 is 5.11 Å². The Labute approximate surface area is 61.0 Å². The van der Waals surface area contributed by atoms with Crippen LogP contribution in [0, 0.1) is 5.92 Å². The molecule has 2 heteroatoms. The van der Waals surface area contributed by atoms with Crippen LogP contribution in [-0.4, -0.2) is 17.1 Å². The maximum Gasteiger partial charge on any atom is 0.0703 e. The van der Waals surface area contributed by atoms with Gasteiger partial charge in [-0.3, -0.25) is 0 Å². The van der Waals surface area contributed by atoms with Crippen LogP contribution in [0.3, 0.4) is 0 Å². The summed E-state index contributed by atoms with van der Waals surface area (Å²) >= 11 is 5.48. The number of alkyl halides is 1. The molecule has 1 N–H and O–H groups in total. The van der Waals surface area contributed by atoms with Crippen molar-refractivity contribution in [3.63, 3.8) is 0 Å². The van der Waals surface area contributed by atoms with E-state index in [1.807, 2.05) is 0 Å². The van der Waals surface area contributed by atoms with Gasteiger partial charge in [0.2, 0.25) is 0 Å². The molecule has 1 fully saturated rings. The summed E-state index contributed by atoms with van der Waals surface area (Å²) in [5.41, 5.74) is 0. The van der Waals surface area contributed by atoms with Gasteiger partial charge in [0, 0.05) is 5.88 Å². The van der Waals surface area contributed by atoms with Crippen LogP contribution in [0.1, 0.15) is 25.7 Å². The summed E-state index contributed by atoms with van der Waals surface area (Å²) in [6, 6.07) is 0. The first-order chi connectivity index (χ1) is 4.34. The topological polar surface area (TPSA) is 20.2 Å². The maximum absolute atomic E-state index is 9.23. The van der Waals surface area contributed by atoms with E-state index < -0.39 is 0 Å². The fourth-order valence-corrected chi connectivity index (χ4v) is 1.72. The number of rotatable bonds is 2. The molecule has 9 heavy (non-hydrogen) atoms. The highest BCUT2D eigenvalue weighted by molar-refractivity contribution is 6.18. The number of hydrogen-bond acceptors (Lipinski definition) is 1. The third-order valence-electron chi connectivity index (χ3n) is 2.10. The van der Waals surface area contributed by atoms with Crippen molar-refractivity contribution in [3.8, 4) is 0 Å². The summed E-state index contributed by atoms with van der Waals surface area (Å²) < 4.78 is 0. The lowest BCUT2D eigenvalue weighted by molar-refractivity contribution is 0.132. The highest BCUT2D eigenvalue weighted by Gasteiger charge is 2.21. The van der Waals surface area contributed by atoms with E-state index in [9.17, 15) is 5.11 Å². The second-order valence-corrected chi connectivity index (χ2v) is 3.07. The summed E-state index contributed by atoms with van der Waals surface area (Å²) in [6.45, 7) is 0. The molecule has 0 radical (unpaired) electrons. The van der Waals surface area contributed by atoms with Gasteiger partial charge in [0.1, 0.15) is 0 Å².